The molecule has 0 amide bonds. The Hall–Kier alpha value is 1.54. The Bertz CT molecular complexity index is 187. The van der Waals surface area contributed by atoms with Gasteiger partial charge in [0.1, 0.15) is 0 Å². The summed E-state index contributed by atoms with van der Waals surface area (Å²) in [7, 11) is 0. The molecule has 0 saturated carbocycles. The van der Waals surface area contributed by atoms with Gasteiger partial charge in [-0.2, -0.15) is 0 Å². The van der Waals surface area contributed by atoms with E-state index in [1.165, 1.54) is 25.7 Å². The van der Waals surface area contributed by atoms with Crippen LogP contribution in [0, 0.1) is 5.92 Å². The van der Waals surface area contributed by atoms with Crippen LogP contribution in [0.4, 0.5) is 0 Å². The Labute approximate surface area is 125 Å². The Morgan fingerprint density at radius 1 is 1.12 bits per heavy atom. The van der Waals surface area contributed by atoms with Gasteiger partial charge in [-0.1, -0.05) is 12.2 Å². The molecule has 2 N–H and O–H groups in total. The molecule has 0 unspecified atom stereocenters. The van der Waals surface area contributed by atoms with Crippen LogP contribution in [0.25, 0.3) is 0 Å². The quantitative estimate of drug-likeness (QED) is 0.270. The molecule has 0 aliphatic heterocycles. The molecule has 0 heterocycles. The average molecular weight is 352 g/mol. The number of thiol groups is 1. The summed E-state index contributed by atoms with van der Waals surface area (Å²) in [6.07, 6.45) is 5.94. The van der Waals surface area contributed by atoms with Crippen molar-refractivity contribution in [1.82, 2.24) is 0 Å². The predicted molar refractivity (Wildman–Crippen MR) is 80.9 cm³/mol. The van der Waals surface area contributed by atoms with E-state index in [0.717, 1.165) is 10.4 Å². The SMILES string of the molecule is CC(C)CCCC[CH2][Zn][CH](C)C.OP(O)(=S)S. The molecule has 0 spiro atoms. The van der Waals surface area contributed by atoms with Crippen molar-refractivity contribution in [3.8, 4) is 0 Å². The van der Waals surface area contributed by atoms with Gasteiger partial charge in [0, 0.05) is 0 Å². The van der Waals surface area contributed by atoms with Crippen LogP contribution in [0.2, 0.25) is 9.53 Å². The van der Waals surface area contributed by atoms with Gasteiger partial charge in [0.15, 0.2) is 0 Å². The summed E-state index contributed by atoms with van der Waals surface area (Å²) >= 11 is 6.98. The van der Waals surface area contributed by atoms with Crippen LogP contribution >= 0.6 is 17.9 Å². The molecular formula is C11H27O2PS2Zn. The summed E-state index contributed by atoms with van der Waals surface area (Å²) in [6, 6.07) is 0. The first kappa shape index (κ1) is 20.9. The minimum atomic E-state index is -3.11. The summed E-state index contributed by atoms with van der Waals surface area (Å²) in [4.78, 5) is 15.7. The molecule has 102 valence electrons. The van der Waals surface area contributed by atoms with E-state index in [1.807, 2.05) is 0 Å². The molecule has 17 heavy (non-hydrogen) atoms. The first-order chi connectivity index (χ1) is 7.63. The zero-order valence-electron chi connectivity index (χ0n) is 11.6. The molecule has 0 aromatic heterocycles. The van der Waals surface area contributed by atoms with E-state index in [2.05, 4.69) is 51.8 Å². The maximum Gasteiger partial charge on any atom is 0.239 e. The molecule has 0 saturated heterocycles. The summed E-state index contributed by atoms with van der Waals surface area (Å²) in [5.41, 5.74) is -3.11. The molecule has 0 rings (SSSR count). The molecule has 0 aromatic rings. The second-order valence-corrected chi connectivity index (χ2v) is 16.5. The number of hydrogen-bond acceptors (Lipinski definition) is 1. The largest absolute Gasteiger partial charge is 0.338 e. The predicted octanol–water partition coefficient (Wildman–Crippen LogP) is 4.66. The van der Waals surface area contributed by atoms with E-state index < -0.39 is 5.69 Å². The van der Waals surface area contributed by atoms with Gasteiger partial charge in [-0.25, -0.2) is 0 Å². The van der Waals surface area contributed by atoms with Gasteiger partial charge in [0.2, 0.25) is 5.69 Å². The van der Waals surface area contributed by atoms with Crippen LogP contribution in [0.1, 0.15) is 53.4 Å². The summed E-state index contributed by atoms with van der Waals surface area (Å²) in [6.45, 7) is 9.44. The van der Waals surface area contributed by atoms with Crippen molar-refractivity contribution in [3.63, 3.8) is 0 Å². The topological polar surface area (TPSA) is 40.5 Å². The van der Waals surface area contributed by atoms with Crippen molar-refractivity contribution in [2.45, 2.75) is 62.9 Å². The van der Waals surface area contributed by atoms with E-state index in [9.17, 15) is 0 Å². The zero-order chi connectivity index (χ0) is 13.9. The van der Waals surface area contributed by atoms with Crippen LogP contribution < -0.4 is 0 Å². The van der Waals surface area contributed by atoms with Gasteiger partial charge in [-0.3, -0.25) is 0 Å². The van der Waals surface area contributed by atoms with Crippen molar-refractivity contribution in [2.75, 3.05) is 0 Å². The standard InChI is InChI=1S/C8H17.C3H7.H3O2PS2.Zn/c1-4-5-6-7-8(2)3;1-3-2;1-3(2,4)5;/h8H,1,4-7H2,2-3H3;3H,1-2H3;(H3,1,2,4,5);. The fraction of sp³-hybridized carbons (Fsp3) is 1.00. The molecule has 0 aromatic carbocycles. The van der Waals surface area contributed by atoms with Gasteiger partial charge in [0.25, 0.3) is 0 Å². The second kappa shape index (κ2) is 12.6. The van der Waals surface area contributed by atoms with Crippen LogP contribution in [-0.4, -0.2) is 9.79 Å². The van der Waals surface area contributed by atoms with Gasteiger partial charge in [-0.05, 0) is 11.8 Å². The molecule has 0 fully saturated rings. The smallest absolute Gasteiger partial charge is 0.239 e. The van der Waals surface area contributed by atoms with Crippen LogP contribution in [0.3, 0.4) is 0 Å². The Kier molecular flexibility index (Phi) is 15.4. The molecule has 0 atom stereocenters. The first-order valence-corrected chi connectivity index (χ1v) is 14.1. The third-order valence-corrected chi connectivity index (χ3v) is 6.64. The number of rotatable bonds is 7. The minimum Gasteiger partial charge on any atom is -0.338 e. The van der Waals surface area contributed by atoms with Crippen molar-refractivity contribution >= 4 is 29.7 Å². The van der Waals surface area contributed by atoms with E-state index >= 15 is 0 Å². The van der Waals surface area contributed by atoms with Crippen molar-refractivity contribution in [2.24, 2.45) is 5.92 Å². The Balaban J connectivity index is 0. The molecule has 0 aliphatic rings. The van der Waals surface area contributed by atoms with Crippen molar-refractivity contribution in [1.29, 1.82) is 0 Å². The van der Waals surface area contributed by atoms with Crippen LogP contribution in [-0.2, 0) is 28.9 Å². The van der Waals surface area contributed by atoms with Crippen molar-refractivity contribution < 1.29 is 26.9 Å². The monoisotopic (exact) mass is 350 g/mol. The van der Waals surface area contributed by atoms with Crippen LogP contribution in [0.5, 0.6) is 0 Å². The second-order valence-electron chi connectivity index (χ2n) is 5.29. The third kappa shape index (κ3) is 38.1. The third-order valence-electron chi connectivity index (χ3n) is 2.31. The minimum absolute atomic E-state index is 0.0931. The normalized spacial score (nSPS) is 11.1. The summed E-state index contributed by atoms with van der Waals surface area (Å²) < 4.78 is 1.09. The number of hydrogen-bond donors (Lipinski definition) is 3. The molecule has 0 bridgehead atoms. The maximum atomic E-state index is 7.87. The van der Waals surface area contributed by atoms with Gasteiger partial charge >= 0.3 is 86.0 Å². The van der Waals surface area contributed by atoms with Gasteiger partial charge in [-0.15, -0.1) is 0 Å². The molecule has 0 aliphatic carbocycles. The fourth-order valence-electron chi connectivity index (χ4n) is 1.46. The molecule has 0 radical (unpaired) electrons. The summed E-state index contributed by atoms with van der Waals surface area (Å²) in [5, 5.41) is 1.63. The van der Waals surface area contributed by atoms with E-state index in [4.69, 9.17) is 9.79 Å². The van der Waals surface area contributed by atoms with Gasteiger partial charge < -0.3 is 9.79 Å². The van der Waals surface area contributed by atoms with Gasteiger partial charge in [0.05, 0.1) is 0 Å². The molecule has 6 heteroatoms. The van der Waals surface area contributed by atoms with E-state index in [0.29, 0.717) is 0 Å². The average Bonchev–Trinajstić information content (AvgIpc) is 2.07. The van der Waals surface area contributed by atoms with Crippen molar-refractivity contribution in [3.05, 3.63) is 0 Å². The van der Waals surface area contributed by atoms with E-state index in [-0.39, 0.29) is 17.1 Å². The molecule has 2 nitrogen and oxygen atoms in total. The van der Waals surface area contributed by atoms with E-state index in [1.54, 1.807) is 5.02 Å². The summed E-state index contributed by atoms with van der Waals surface area (Å²) in [5.74, 6) is 0.914. The fourth-order valence-corrected chi connectivity index (χ4v) is 4.52. The number of unbranched alkanes of at least 4 members (excludes halogenated alkanes) is 2. The maximum absolute atomic E-state index is 7.87. The Morgan fingerprint density at radius 2 is 1.59 bits per heavy atom. The zero-order valence-corrected chi connectivity index (χ0v) is 17.2. The first-order valence-electron chi connectivity index (χ1n) is 6.41. The van der Waals surface area contributed by atoms with Crippen LogP contribution in [0.15, 0.2) is 0 Å². The molecular weight excluding hydrogens is 325 g/mol. The Morgan fingerprint density at radius 3 is 1.94 bits per heavy atom.